The van der Waals surface area contributed by atoms with E-state index in [9.17, 15) is 0 Å². The van der Waals surface area contributed by atoms with Crippen LogP contribution >= 0.6 is 0 Å². The van der Waals surface area contributed by atoms with E-state index in [1.54, 1.807) is 0 Å². The van der Waals surface area contributed by atoms with Gasteiger partial charge in [0, 0.05) is 40.8 Å². The molecule has 0 radical (unpaired) electrons. The van der Waals surface area contributed by atoms with Gasteiger partial charge in [-0.1, -0.05) is 0 Å². The summed E-state index contributed by atoms with van der Waals surface area (Å²) in [5, 5.41) is 0. The van der Waals surface area contributed by atoms with Gasteiger partial charge in [0.2, 0.25) is 0 Å². The fourth-order valence-electron chi connectivity index (χ4n) is 0. The quantitative estimate of drug-likeness (QED) is 0.431. The minimum absolute atomic E-state index is 0. The maximum atomic E-state index is 8.67. The van der Waals surface area contributed by atoms with Crippen LogP contribution in [0.25, 0.3) is 0 Å². The monoisotopic (exact) mass is 454 g/mol. The molecule has 36 valence electrons. The van der Waals surface area contributed by atoms with Crippen molar-refractivity contribution in [2.45, 2.75) is 0 Å². The van der Waals surface area contributed by atoms with E-state index in [2.05, 4.69) is 0 Å². The second-order valence-corrected chi connectivity index (χ2v) is 0.981. The van der Waals surface area contributed by atoms with Gasteiger partial charge in [-0.05, 0) is 0 Å². The number of hydrogen-bond donors (Lipinski definition) is 1. The summed E-state index contributed by atoms with van der Waals surface area (Å²) < 4.78 is 24.4. The average Bonchev–Trinajstić information content (AvgIpc) is 0.811. The van der Waals surface area contributed by atoms with Gasteiger partial charge >= 0.3 is 53.0 Å². The van der Waals surface area contributed by atoms with Crippen molar-refractivity contribution in [3.8, 4) is 0 Å². The van der Waals surface area contributed by atoms with Gasteiger partial charge in [0.15, 0.2) is 0 Å². The Morgan fingerprint density at radius 2 is 1.33 bits per heavy atom. The topological polar surface area (TPSA) is 54.4 Å². The first kappa shape index (κ1) is 15.8. The average molecular weight is 456 g/mol. The Hall–Kier alpha value is 2.38. The summed E-state index contributed by atoms with van der Waals surface area (Å²) in [5.41, 5.74) is 0. The van der Waals surface area contributed by atoms with Crippen LogP contribution in [0.3, 0.4) is 0 Å². The molecule has 0 aromatic carbocycles. The molecule has 0 atom stereocenters. The van der Waals surface area contributed by atoms with Crippen LogP contribution in [0.15, 0.2) is 0 Å². The molecule has 6 heteroatoms. The fraction of sp³-hybridized carbons (Fsp3) is 0. The molecule has 3 nitrogen and oxygen atoms in total. The van der Waals surface area contributed by atoms with Crippen LogP contribution in [0.2, 0.25) is 0 Å². The third-order valence-electron chi connectivity index (χ3n) is 0. The zero-order valence-corrected chi connectivity index (χ0v) is 13.0. The van der Waals surface area contributed by atoms with Gasteiger partial charge in [-0.25, -0.2) is 0 Å². The van der Waals surface area contributed by atoms with Crippen LogP contribution in [-0.4, -0.2) is 30.2 Å². The van der Waals surface area contributed by atoms with Crippen LogP contribution in [0.5, 0.6) is 0 Å². The Balaban J connectivity index is -0.0000000450. The molecule has 0 aliphatic carbocycles. The van der Waals surface area contributed by atoms with Crippen molar-refractivity contribution in [1.82, 2.24) is 0 Å². The maximum absolute atomic E-state index is 8.67. The Kier molecular flexibility index (Phi) is 27.3. The molecule has 6 heavy (non-hydrogen) atoms. The molecular weight excluding hydrogens is 452 g/mol. The SMILES string of the molecule is [BiH3].[Nd].[O]=[V](=[O])[OH]. The second-order valence-electron chi connectivity index (χ2n) is 0.238. The summed E-state index contributed by atoms with van der Waals surface area (Å²) in [4.78, 5) is 0. The first-order valence-electron chi connectivity index (χ1n) is 0.565. The molecule has 0 heterocycles. The van der Waals surface area contributed by atoms with E-state index >= 15 is 0 Å². The van der Waals surface area contributed by atoms with E-state index in [0.717, 1.165) is 0 Å². The van der Waals surface area contributed by atoms with Gasteiger partial charge < -0.3 is 0 Å². The van der Waals surface area contributed by atoms with Crippen LogP contribution < -0.4 is 0 Å². The van der Waals surface area contributed by atoms with Crippen LogP contribution in [-0.2, 0) is 22.7 Å². The molecule has 0 amide bonds. The molecule has 0 aliphatic rings. The van der Waals surface area contributed by atoms with Gasteiger partial charge in [0.1, 0.15) is 0 Å². The van der Waals surface area contributed by atoms with Gasteiger partial charge in [0.25, 0.3) is 0 Å². The minimum atomic E-state index is -3.69. The summed E-state index contributed by atoms with van der Waals surface area (Å²) in [7, 11) is 0. The molecule has 0 aromatic rings. The van der Waals surface area contributed by atoms with Crippen molar-refractivity contribution in [3.05, 3.63) is 0 Å². The van der Waals surface area contributed by atoms with Crippen molar-refractivity contribution < 1.29 is 67.6 Å². The zero-order chi connectivity index (χ0) is 3.58. The number of rotatable bonds is 0. The molecule has 0 rings (SSSR count). The molecule has 0 fully saturated rings. The van der Waals surface area contributed by atoms with Crippen LogP contribution in [0.4, 0.5) is 0 Å². The Morgan fingerprint density at radius 3 is 1.33 bits per heavy atom. The van der Waals surface area contributed by atoms with Gasteiger partial charge in [-0.15, -0.1) is 0 Å². The third-order valence-corrected chi connectivity index (χ3v) is 0. The first-order valence-corrected chi connectivity index (χ1v) is 2.33. The molecular formula is H4BiNdO3V. The Bertz CT molecular complexity index is 59.2. The predicted octanol–water partition coefficient (Wildman–Crippen LogP) is -1.98. The van der Waals surface area contributed by atoms with Crippen molar-refractivity contribution in [3.63, 3.8) is 0 Å². The van der Waals surface area contributed by atoms with Gasteiger partial charge in [-0.3, -0.25) is 0 Å². The standard InChI is InChI=1S/Bi.Nd.H2O.2O.V.3H/h;;1H2;;;;;;/q;;;;;+1;;;/p-1. The van der Waals surface area contributed by atoms with E-state index in [-0.39, 0.29) is 67.0 Å². The molecule has 0 unspecified atom stereocenters. The Labute approximate surface area is 91.9 Å². The summed E-state index contributed by atoms with van der Waals surface area (Å²) in [6.45, 7) is 0. The second kappa shape index (κ2) is 10.4. The zero-order valence-electron chi connectivity index (χ0n) is 2.92. The van der Waals surface area contributed by atoms with Crippen molar-refractivity contribution in [2.75, 3.05) is 0 Å². The molecule has 1 N–H and O–H groups in total. The summed E-state index contributed by atoms with van der Waals surface area (Å²) in [5.74, 6) is 0. The van der Waals surface area contributed by atoms with E-state index in [1.807, 2.05) is 0 Å². The summed E-state index contributed by atoms with van der Waals surface area (Å²) >= 11 is -3.69. The van der Waals surface area contributed by atoms with E-state index in [0.29, 0.717) is 0 Å². The van der Waals surface area contributed by atoms with E-state index < -0.39 is 15.4 Å². The molecule has 0 bridgehead atoms. The van der Waals surface area contributed by atoms with Gasteiger partial charge in [-0.2, -0.15) is 0 Å². The molecule has 0 spiro atoms. The molecule has 0 aliphatic heterocycles. The van der Waals surface area contributed by atoms with Crippen LogP contribution in [0, 0.1) is 40.8 Å². The van der Waals surface area contributed by atoms with E-state index in [1.165, 1.54) is 0 Å². The van der Waals surface area contributed by atoms with Crippen molar-refractivity contribution in [2.24, 2.45) is 0 Å². The summed E-state index contributed by atoms with van der Waals surface area (Å²) in [6, 6.07) is 0. The summed E-state index contributed by atoms with van der Waals surface area (Å²) in [6.07, 6.45) is 0. The number of hydrogen-bond acceptors (Lipinski definition) is 2. The van der Waals surface area contributed by atoms with Crippen LogP contribution in [0.1, 0.15) is 0 Å². The fourth-order valence-corrected chi connectivity index (χ4v) is 0. The Morgan fingerprint density at radius 1 is 1.33 bits per heavy atom. The normalized spacial score (nSPS) is 4.17. The molecule has 0 saturated heterocycles. The van der Waals surface area contributed by atoms with E-state index in [4.69, 9.17) is 11.4 Å². The molecule has 0 saturated carbocycles. The predicted molar refractivity (Wildman–Crippen MR) is 13.5 cm³/mol. The third kappa shape index (κ3) is 32.6. The molecule has 0 aromatic heterocycles. The van der Waals surface area contributed by atoms with Gasteiger partial charge in [0.05, 0.1) is 0 Å². The van der Waals surface area contributed by atoms with Crippen molar-refractivity contribution >= 4 is 26.2 Å². The first-order chi connectivity index (χ1) is 1.73. The van der Waals surface area contributed by atoms with Crippen molar-refractivity contribution in [1.29, 1.82) is 0 Å².